The molecule has 1 N–H and O–H groups in total. The maximum atomic E-state index is 11.1. The topological polar surface area (TPSA) is 98.3 Å². The van der Waals surface area contributed by atoms with Gasteiger partial charge in [-0.05, 0) is 20.3 Å². The Bertz CT molecular complexity index is 453. The van der Waals surface area contributed by atoms with Gasteiger partial charge in [0.15, 0.2) is 0 Å². The molecular formula is C10H15N3O4. The lowest BCUT2D eigenvalue weighted by Crippen LogP contribution is -2.17. The first-order valence-electron chi connectivity index (χ1n) is 5.38. The van der Waals surface area contributed by atoms with Crippen LogP contribution in [0.25, 0.3) is 0 Å². The lowest BCUT2D eigenvalue weighted by molar-refractivity contribution is -0.386. The van der Waals surface area contributed by atoms with E-state index >= 15 is 0 Å². The van der Waals surface area contributed by atoms with E-state index in [1.807, 2.05) is 0 Å². The lowest BCUT2D eigenvalue weighted by Gasteiger charge is -2.10. The summed E-state index contributed by atoms with van der Waals surface area (Å²) in [5, 5.41) is 24.1. The number of aryl methyl sites for hydroxylation is 2. The first-order valence-corrected chi connectivity index (χ1v) is 5.38. The molecule has 0 amide bonds. The van der Waals surface area contributed by atoms with Gasteiger partial charge in [0.05, 0.1) is 4.92 Å². The molecule has 7 nitrogen and oxygen atoms in total. The average molecular weight is 241 g/mol. The van der Waals surface area contributed by atoms with Gasteiger partial charge in [0.2, 0.25) is 0 Å². The Morgan fingerprint density at radius 3 is 2.53 bits per heavy atom. The van der Waals surface area contributed by atoms with Gasteiger partial charge in [-0.2, -0.15) is 5.10 Å². The summed E-state index contributed by atoms with van der Waals surface area (Å²) in [7, 11) is 0. The van der Waals surface area contributed by atoms with Crippen molar-refractivity contribution in [2.75, 3.05) is 0 Å². The third kappa shape index (κ3) is 2.27. The van der Waals surface area contributed by atoms with Crippen LogP contribution in [0.15, 0.2) is 0 Å². The smallest absolute Gasteiger partial charge is 0.313 e. The van der Waals surface area contributed by atoms with Gasteiger partial charge in [-0.1, -0.05) is 6.92 Å². The average Bonchev–Trinajstić information content (AvgIpc) is 2.56. The molecule has 0 aliphatic rings. The lowest BCUT2D eigenvalue weighted by atomic mass is 10.0. The van der Waals surface area contributed by atoms with Gasteiger partial charge in [-0.3, -0.25) is 19.6 Å². The highest BCUT2D eigenvalue weighted by molar-refractivity contribution is 5.77. The van der Waals surface area contributed by atoms with Crippen LogP contribution in [-0.2, 0) is 11.3 Å². The Morgan fingerprint density at radius 2 is 2.18 bits per heavy atom. The first kappa shape index (κ1) is 13.1. The van der Waals surface area contributed by atoms with Crippen LogP contribution < -0.4 is 0 Å². The van der Waals surface area contributed by atoms with Crippen molar-refractivity contribution in [3.05, 3.63) is 21.5 Å². The zero-order valence-electron chi connectivity index (χ0n) is 10.0. The van der Waals surface area contributed by atoms with Gasteiger partial charge in [-0.15, -0.1) is 0 Å². The van der Waals surface area contributed by atoms with Gasteiger partial charge in [0.1, 0.15) is 17.3 Å². The van der Waals surface area contributed by atoms with Crippen molar-refractivity contribution in [1.82, 2.24) is 9.78 Å². The Balaban J connectivity index is 3.46. The highest BCUT2D eigenvalue weighted by atomic mass is 16.6. The van der Waals surface area contributed by atoms with E-state index in [1.54, 1.807) is 13.8 Å². The molecule has 0 aliphatic heterocycles. The molecule has 0 aromatic carbocycles. The van der Waals surface area contributed by atoms with E-state index < -0.39 is 16.8 Å². The minimum atomic E-state index is -1.06. The summed E-state index contributed by atoms with van der Waals surface area (Å²) in [6.45, 7) is 5.38. The molecule has 94 valence electrons. The van der Waals surface area contributed by atoms with Crippen LogP contribution in [0.2, 0.25) is 0 Å². The molecule has 1 aromatic rings. The van der Waals surface area contributed by atoms with Gasteiger partial charge < -0.3 is 5.11 Å². The number of nitro groups is 1. The number of hydrogen-bond donors (Lipinski definition) is 1. The summed E-state index contributed by atoms with van der Waals surface area (Å²) in [6.07, 6.45) is 0.293. The van der Waals surface area contributed by atoms with E-state index in [2.05, 4.69) is 5.10 Å². The number of carboxylic acid groups (broad SMARTS) is 1. The maximum Gasteiger partial charge on any atom is 0.313 e. The number of rotatable bonds is 5. The van der Waals surface area contributed by atoms with E-state index in [4.69, 9.17) is 5.11 Å². The first-order chi connectivity index (χ1) is 7.93. The monoisotopic (exact) mass is 241 g/mol. The molecule has 1 atom stereocenters. The normalized spacial score (nSPS) is 12.4. The van der Waals surface area contributed by atoms with Crippen LogP contribution in [0.4, 0.5) is 5.69 Å². The van der Waals surface area contributed by atoms with Gasteiger partial charge in [0.25, 0.3) is 0 Å². The van der Waals surface area contributed by atoms with Crippen LogP contribution in [0.1, 0.15) is 37.6 Å². The quantitative estimate of drug-likeness (QED) is 0.624. The molecular weight excluding hydrogens is 226 g/mol. The number of hydrogen-bond acceptors (Lipinski definition) is 4. The fourth-order valence-electron chi connectivity index (χ4n) is 1.89. The second kappa shape index (κ2) is 4.94. The van der Waals surface area contributed by atoms with Gasteiger partial charge in [-0.25, -0.2) is 0 Å². The molecule has 0 fully saturated rings. The number of carbonyl (C=O) groups is 1. The van der Waals surface area contributed by atoms with E-state index in [-0.39, 0.29) is 17.1 Å². The van der Waals surface area contributed by atoms with Crippen molar-refractivity contribution < 1.29 is 14.8 Å². The van der Waals surface area contributed by atoms with Crippen LogP contribution in [0.5, 0.6) is 0 Å². The minimum absolute atomic E-state index is 0.180. The van der Waals surface area contributed by atoms with Crippen molar-refractivity contribution in [3.8, 4) is 0 Å². The second-order valence-corrected chi connectivity index (χ2v) is 3.69. The molecule has 17 heavy (non-hydrogen) atoms. The molecule has 0 aliphatic carbocycles. The third-order valence-electron chi connectivity index (χ3n) is 2.65. The van der Waals surface area contributed by atoms with E-state index in [9.17, 15) is 14.9 Å². The predicted molar refractivity (Wildman–Crippen MR) is 60.0 cm³/mol. The largest absolute Gasteiger partial charge is 0.481 e. The summed E-state index contributed by atoms with van der Waals surface area (Å²) in [5.74, 6) is -1.96. The van der Waals surface area contributed by atoms with Crippen LogP contribution in [0, 0.1) is 17.0 Å². The molecule has 0 radical (unpaired) electrons. The molecule has 1 unspecified atom stereocenters. The van der Waals surface area contributed by atoms with Gasteiger partial charge in [0, 0.05) is 6.54 Å². The van der Waals surface area contributed by atoms with Crippen molar-refractivity contribution >= 4 is 11.7 Å². The molecule has 0 spiro atoms. The fraction of sp³-hybridized carbons (Fsp3) is 0.600. The molecule has 1 heterocycles. The highest BCUT2D eigenvalue weighted by Crippen LogP contribution is 2.31. The van der Waals surface area contributed by atoms with E-state index in [0.717, 1.165) is 0 Å². The molecule has 1 aromatic heterocycles. The number of aromatic nitrogens is 2. The van der Waals surface area contributed by atoms with Crippen molar-refractivity contribution in [2.24, 2.45) is 0 Å². The van der Waals surface area contributed by atoms with E-state index in [0.29, 0.717) is 13.0 Å². The maximum absolute atomic E-state index is 11.1. The standard InChI is InChI=1S/C10H15N3O4/c1-4-7(10(14)15)9-8(13(16)17)6(3)11-12(9)5-2/h7H,4-5H2,1-3H3,(H,14,15). The van der Waals surface area contributed by atoms with Crippen molar-refractivity contribution in [1.29, 1.82) is 0 Å². The zero-order valence-corrected chi connectivity index (χ0v) is 10.0. The molecule has 0 bridgehead atoms. The fourth-order valence-corrected chi connectivity index (χ4v) is 1.89. The Labute approximate surface area is 98.2 Å². The predicted octanol–water partition coefficient (Wildman–Crippen LogP) is 1.70. The van der Waals surface area contributed by atoms with Crippen molar-refractivity contribution in [3.63, 3.8) is 0 Å². The van der Waals surface area contributed by atoms with Crippen molar-refractivity contribution in [2.45, 2.75) is 39.7 Å². The molecule has 1 rings (SSSR count). The number of carboxylic acids is 1. The number of aliphatic carboxylic acids is 1. The molecule has 7 heteroatoms. The Kier molecular flexibility index (Phi) is 3.82. The summed E-state index contributed by atoms with van der Waals surface area (Å²) in [4.78, 5) is 21.5. The summed E-state index contributed by atoms with van der Waals surface area (Å²) >= 11 is 0. The second-order valence-electron chi connectivity index (χ2n) is 3.69. The van der Waals surface area contributed by atoms with Crippen LogP contribution >= 0.6 is 0 Å². The SMILES string of the molecule is CCC(C(=O)O)c1c([N+](=O)[O-])c(C)nn1CC. The third-order valence-corrected chi connectivity index (χ3v) is 2.65. The van der Waals surface area contributed by atoms with Gasteiger partial charge >= 0.3 is 11.7 Å². The summed E-state index contributed by atoms with van der Waals surface area (Å²) < 4.78 is 1.40. The minimum Gasteiger partial charge on any atom is -0.481 e. The zero-order chi connectivity index (χ0) is 13.2. The molecule has 0 saturated carbocycles. The van der Waals surface area contributed by atoms with Crippen LogP contribution in [-0.4, -0.2) is 25.8 Å². The summed E-state index contributed by atoms with van der Waals surface area (Å²) in [6, 6.07) is 0. The summed E-state index contributed by atoms with van der Waals surface area (Å²) in [5.41, 5.74) is 0.262. The molecule has 0 saturated heterocycles. The highest BCUT2D eigenvalue weighted by Gasteiger charge is 2.33. The van der Waals surface area contributed by atoms with Crippen LogP contribution in [0.3, 0.4) is 0 Å². The Morgan fingerprint density at radius 1 is 1.59 bits per heavy atom. The number of nitrogens with zero attached hydrogens (tertiary/aromatic N) is 3. The Hall–Kier alpha value is -1.92. The van der Waals surface area contributed by atoms with E-state index in [1.165, 1.54) is 11.6 Å².